The van der Waals surface area contributed by atoms with Gasteiger partial charge in [-0.3, -0.25) is 9.69 Å². The predicted molar refractivity (Wildman–Crippen MR) is 154 cm³/mol. The molecule has 13 heteroatoms. The average molecular weight is 595 g/mol. The van der Waals surface area contributed by atoms with Crippen molar-refractivity contribution in [2.45, 2.75) is 26.6 Å². The van der Waals surface area contributed by atoms with Crippen molar-refractivity contribution < 1.29 is 27.5 Å². The molecule has 1 aliphatic heterocycles. The van der Waals surface area contributed by atoms with E-state index in [0.717, 1.165) is 39.7 Å². The lowest BCUT2D eigenvalue weighted by Crippen LogP contribution is -2.32. The number of anilines is 1. The summed E-state index contributed by atoms with van der Waals surface area (Å²) in [5, 5.41) is 7.05. The van der Waals surface area contributed by atoms with Crippen LogP contribution in [0.25, 0.3) is 17.1 Å². The van der Waals surface area contributed by atoms with Gasteiger partial charge >= 0.3 is 12.4 Å². The van der Waals surface area contributed by atoms with Crippen molar-refractivity contribution in [2.75, 3.05) is 17.2 Å². The molecule has 5 rings (SSSR count). The van der Waals surface area contributed by atoms with Gasteiger partial charge in [0.2, 0.25) is 0 Å². The molecule has 0 aliphatic carbocycles. The number of aryl methyl sites for hydroxylation is 2. The molecule has 1 N–H and O–H groups in total. The molecule has 0 bridgehead atoms. The number of carbonyl (C=O) groups excluding carboxylic acids is 2. The van der Waals surface area contributed by atoms with E-state index in [9.17, 15) is 22.8 Å². The van der Waals surface area contributed by atoms with Crippen molar-refractivity contribution in [3.63, 3.8) is 0 Å². The highest BCUT2D eigenvalue weighted by Gasteiger charge is 2.32. The number of hydrogen-bond donors (Lipinski definition) is 1. The van der Waals surface area contributed by atoms with Crippen LogP contribution in [0.2, 0.25) is 0 Å². The zero-order valence-electron chi connectivity index (χ0n) is 22.6. The molecule has 3 aromatic carbocycles. The molecular weight excluding hydrogens is 569 g/mol. The lowest BCUT2D eigenvalue weighted by molar-refractivity contribution is -0.274. The van der Waals surface area contributed by atoms with Gasteiger partial charge in [0, 0.05) is 12.1 Å². The van der Waals surface area contributed by atoms with E-state index in [4.69, 9.17) is 0 Å². The molecule has 216 valence electrons. The summed E-state index contributed by atoms with van der Waals surface area (Å²) >= 11 is 1.10. The molecule has 3 amide bonds. The standard InChI is InChI=1S/C29H25F3N6O3S/c1-18-6-7-19(2)24(14-18)38-25(16-42-28(38)40)35-27(39)33-13-12-20-4-3-5-21(15-20)26-34-17-37(36-26)22-8-10-23(11-9-22)41-29(30,31)32/h3-11,14-15,17H,12-13,16H2,1-2H3,(H,33,39). The molecule has 42 heavy (non-hydrogen) atoms. The third-order valence-electron chi connectivity index (χ3n) is 6.30. The maximum atomic E-state index is 12.6. The number of urea groups is 1. The van der Waals surface area contributed by atoms with Crippen LogP contribution in [0, 0.1) is 13.8 Å². The van der Waals surface area contributed by atoms with Crippen molar-refractivity contribution in [2.24, 2.45) is 4.99 Å². The van der Waals surface area contributed by atoms with E-state index in [2.05, 4.69) is 25.1 Å². The second-order valence-electron chi connectivity index (χ2n) is 9.44. The molecule has 1 fully saturated rings. The van der Waals surface area contributed by atoms with E-state index in [1.165, 1.54) is 40.2 Å². The number of amides is 3. The minimum atomic E-state index is -4.76. The van der Waals surface area contributed by atoms with Crippen molar-refractivity contribution in [1.29, 1.82) is 0 Å². The molecular formula is C29H25F3N6O3S. The quantitative estimate of drug-likeness (QED) is 0.263. The Balaban J connectivity index is 1.20. The van der Waals surface area contributed by atoms with Gasteiger partial charge in [0.15, 0.2) is 5.82 Å². The lowest BCUT2D eigenvalue weighted by atomic mass is 10.1. The molecule has 2 heterocycles. The first-order valence-corrected chi connectivity index (χ1v) is 13.8. The van der Waals surface area contributed by atoms with E-state index < -0.39 is 12.4 Å². The van der Waals surface area contributed by atoms with Gasteiger partial charge in [-0.05, 0) is 73.4 Å². The Morgan fingerprint density at radius 2 is 1.88 bits per heavy atom. The van der Waals surface area contributed by atoms with Crippen LogP contribution in [0.5, 0.6) is 5.75 Å². The fourth-order valence-corrected chi connectivity index (χ4v) is 5.08. The van der Waals surface area contributed by atoms with Crippen LogP contribution in [0.1, 0.15) is 16.7 Å². The highest BCUT2D eigenvalue weighted by molar-refractivity contribution is 8.15. The summed E-state index contributed by atoms with van der Waals surface area (Å²) in [6, 6.07) is 18.1. The first-order valence-electron chi connectivity index (χ1n) is 12.8. The number of ether oxygens (including phenoxy) is 1. The van der Waals surface area contributed by atoms with Crippen LogP contribution < -0.4 is 15.0 Å². The molecule has 1 aromatic heterocycles. The third-order valence-corrected chi connectivity index (χ3v) is 7.14. The van der Waals surface area contributed by atoms with Gasteiger partial charge in [-0.2, -0.15) is 4.99 Å². The topological polar surface area (TPSA) is 102 Å². The summed E-state index contributed by atoms with van der Waals surface area (Å²) < 4.78 is 42.6. The Morgan fingerprint density at radius 3 is 2.64 bits per heavy atom. The summed E-state index contributed by atoms with van der Waals surface area (Å²) in [5.74, 6) is 0.805. The highest BCUT2D eigenvalue weighted by atomic mass is 32.2. The Morgan fingerprint density at radius 1 is 1.10 bits per heavy atom. The second kappa shape index (κ2) is 12.1. The normalized spacial score (nSPS) is 14.5. The number of hydrogen-bond acceptors (Lipinski definition) is 6. The van der Waals surface area contributed by atoms with Gasteiger partial charge < -0.3 is 10.1 Å². The van der Waals surface area contributed by atoms with Crippen molar-refractivity contribution >= 4 is 34.6 Å². The Kier molecular flexibility index (Phi) is 8.29. The Bertz CT molecular complexity index is 1650. The molecule has 1 aliphatic rings. The lowest BCUT2D eigenvalue weighted by Gasteiger charge is -2.19. The third kappa shape index (κ3) is 6.97. The van der Waals surface area contributed by atoms with E-state index in [1.54, 1.807) is 0 Å². The summed E-state index contributed by atoms with van der Waals surface area (Å²) in [6.07, 6.45) is -2.78. The van der Waals surface area contributed by atoms with Crippen molar-refractivity contribution in [3.05, 3.63) is 89.7 Å². The SMILES string of the molecule is Cc1ccc(C)c(N2C(=O)SCC2=NC(=O)NCCc2cccc(-c3ncn(-c4ccc(OC(F)(F)F)cc4)n3)c2)c1. The maximum Gasteiger partial charge on any atom is 0.573 e. The van der Waals surface area contributed by atoms with E-state index >= 15 is 0 Å². The zero-order valence-corrected chi connectivity index (χ0v) is 23.4. The molecule has 9 nitrogen and oxygen atoms in total. The number of rotatable bonds is 7. The van der Waals surface area contributed by atoms with Gasteiger partial charge in [0.1, 0.15) is 17.9 Å². The average Bonchev–Trinajstić information content (AvgIpc) is 3.57. The monoisotopic (exact) mass is 594 g/mol. The molecule has 0 radical (unpaired) electrons. The number of aromatic nitrogens is 3. The fourth-order valence-electron chi connectivity index (χ4n) is 4.30. The Hall–Kier alpha value is -4.65. The summed E-state index contributed by atoms with van der Waals surface area (Å²) in [5.41, 5.74) is 4.81. The molecule has 0 spiro atoms. The smallest absolute Gasteiger partial charge is 0.406 e. The van der Waals surface area contributed by atoms with Gasteiger partial charge in [-0.15, -0.1) is 18.3 Å². The van der Waals surface area contributed by atoms with Crippen LogP contribution >= 0.6 is 11.8 Å². The minimum Gasteiger partial charge on any atom is -0.406 e. The molecule has 0 saturated carbocycles. The highest BCUT2D eigenvalue weighted by Crippen LogP contribution is 2.30. The van der Waals surface area contributed by atoms with Crippen LogP contribution in [-0.2, 0) is 6.42 Å². The molecule has 4 aromatic rings. The van der Waals surface area contributed by atoms with Gasteiger partial charge in [-0.25, -0.2) is 14.5 Å². The second-order valence-corrected chi connectivity index (χ2v) is 10.4. The van der Waals surface area contributed by atoms with Crippen LogP contribution in [-0.4, -0.2) is 50.5 Å². The molecule has 1 saturated heterocycles. The molecule has 0 atom stereocenters. The van der Waals surface area contributed by atoms with Gasteiger partial charge in [0.25, 0.3) is 5.24 Å². The first-order chi connectivity index (χ1) is 20.1. The number of benzene rings is 3. The van der Waals surface area contributed by atoms with Gasteiger partial charge in [-0.1, -0.05) is 42.1 Å². The number of halogens is 3. The predicted octanol–water partition coefficient (Wildman–Crippen LogP) is 6.47. The summed E-state index contributed by atoms with van der Waals surface area (Å²) in [7, 11) is 0. The number of amidine groups is 1. The van der Waals surface area contributed by atoms with E-state index in [0.29, 0.717) is 36.1 Å². The fraction of sp³-hybridized carbons (Fsp3) is 0.207. The molecule has 0 unspecified atom stereocenters. The zero-order chi connectivity index (χ0) is 29.9. The first kappa shape index (κ1) is 28.9. The summed E-state index contributed by atoms with van der Waals surface area (Å²) in [4.78, 5) is 35.1. The van der Waals surface area contributed by atoms with Crippen molar-refractivity contribution in [1.82, 2.24) is 20.1 Å². The van der Waals surface area contributed by atoms with E-state index in [-0.39, 0.29) is 11.0 Å². The summed E-state index contributed by atoms with van der Waals surface area (Å²) in [6.45, 7) is 4.17. The number of aliphatic imine (C=N–C) groups is 1. The van der Waals surface area contributed by atoms with Crippen LogP contribution in [0.3, 0.4) is 0 Å². The largest absolute Gasteiger partial charge is 0.573 e. The van der Waals surface area contributed by atoms with Crippen molar-refractivity contribution in [3.8, 4) is 22.8 Å². The number of carbonyl (C=O) groups is 2. The maximum absolute atomic E-state index is 12.6. The van der Waals surface area contributed by atoms with Crippen LogP contribution in [0.15, 0.2) is 78.0 Å². The van der Waals surface area contributed by atoms with Crippen LogP contribution in [0.4, 0.5) is 28.4 Å². The number of thioether (sulfide) groups is 1. The number of alkyl halides is 3. The minimum absolute atomic E-state index is 0.171. The Labute approximate surface area is 243 Å². The number of nitrogens with one attached hydrogen (secondary N) is 1. The van der Waals surface area contributed by atoms with E-state index in [1.807, 2.05) is 56.3 Å². The van der Waals surface area contributed by atoms with Gasteiger partial charge in [0.05, 0.1) is 17.1 Å². The number of nitrogens with zero attached hydrogens (tertiary/aromatic N) is 5.